The first-order valence-corrected chi connectivity index (χ1v) is 6.47. The zero-order valence-corrected chi connectivity index (χ0v) is 11.0. The maximum atomic E-state index is 12.8. The Labute approximate surface area is 114 Å². The number of nitrogens with one attached hydrogen (secondary N) is 2. The van der Waals surface area contributed by atoms with Gasteiger partial charge in [-0.1, -0.05) is 6.92 Å². The van der Waals surface area contributed by atoms with Crippen molar-refractivity contribution in [3.8, 4) is 0 Å². The highest BCUT2D eigenvalue weighted by Crippen LogP contribution is 2.49. The van der Waals surface area contributed by atoms with E-state index in [9.17, 15) is 18.0 Å². The molecule has 0 atom stereocenters. The summed E-state index contributed by atoms with van der Waals surface area (Å²) in [6, 6.07) is 1.58. The molecule has 0 aromatic carbocycles. The highest BCUT2D eigenvalue weighted by atomic mass is 19.4. The molecule has 4 nitrogen and oxygen atoms in total. The van der Waals surface area contributed by atoms with E-state index in [4.69, 9.17) is 0 Å². The molecule has 7 heteroatoms. The number of alkyl halides is 3. The van der Waals surface area contributed by atoms with Gasteiger partial charge in [0.05, 0.1) is 11.3 Å². The molecule has 0 aliphatic heterocycles. The van der Waals surface area contributed by atoms with Crippen LogP contribution in [-0.2, 0) is 0 Å². The molecule has 1 aromatic rings. The zero-order valence-electron chi connectivity index (χ0n) is 11.0. The normalized spacial score (nSPS) is 16.6. The summed E-state index contributed by atoms with van der Waals surface area (Å²) in [5.41, 5.74) is -1.42. The Kier molecular flexibility index (Phi) is 3.87. The molecule has 0 bridgehead atoms. The molecule has 20 heavy (non-hydrogen) atoms. The monoisotopic (exact) mass is 287 g/mol. The second-order valence-electron chi connectivity index (χ2n) is 4.88. The van der Waals surface area contributed by atoms with Crippen molar-refractivity contribution in [2.75, 3.05) is 11.9 Å². The lowest BCUT2D eigenvalue weighted by Gasteiger charge is -2.21. The van der Waals surface area contributed by atoms with Crippen LogP contribution in [0.3, 0.4) is 0 Å². The molecular formula is C13H16F3N3O. The maximum absolute atomic E-state index is 12.8. The van der Waals surface area contributed by atoms with Crippen molar-refractivity contribution in [1.29, 1.82) is 0 Å². The Morgan fingerprint density at radius 1 is 1.45 bits per heavy atom. The molecule has 1 heterocycles. The quantitative estimate of drug-likeness (QED) is 0.875. The van der Waals surface area contributed by atoms with Crippen LogP contribution in [0.5, 0.6) is 0 Å². The summed E-state index contributed by atoms with van der Waals surface area (Å²) >= 11 is 0. The van der Waals surface area contributed by atoms with Gasteiger partial charge in [-0.2, -0.15) is 13.2 Å². The molecule has 1 saturated carbocycles. The minimum Gasteiger partial charge on any atom is -0.384 e. The van der Waals surface area contributed by atoms with Gasteiger partial charge in [0, 0.05) is 18.9 Å². The van der Waals surface area contributed by atoms with Crippen LogP contribution in [0.15, 0.2) is 18.5 Å². The fourth-order valence-electron chi connectivity index (χ4n) is 1.88. The molecule has 1 fully saturated rings. The summed E-state index contributed by atoms with van der Waals surface area (Å²) in [5.74, 6) is -0.744. The number of anilines is 1. The van der Waals surface area contributed by atoms with Gasteiger partial charge >= 0.3 is 6.18 Å². The van der Waals surface area contributed by atoms with Crippen LogP contribution in [0.4, 0.5) is 18.9 Å². The average molecular weight is 287 g/mol. The SMILES string of the molecule is CCCNc1ccncc1C(=O)NC1(C(F)(F)F)CC1. The number of rotatable bonds is 5. The molecule has 1 aromatic heterocycles. The Hall–Kier alpha value is -1.79. The smallest absolute Gasteiger partial charge is 0.384 e. The van der Waals surface area contributed by atoms with Gasteiger partial charge in [-0.15, -0.1) is 0 Å². The van der Waals surface area contributed by atoms with Gasteiger partial charge in [0.2, 0.25) is 0 Å². The molecule has 2 rings (SSSR count). The summed E-state index contributed by atoms with van der Waals surface area (Å²) in [5, 5.41) is 5.10. The maximum Gasteiger partial charge on any atom is 0.411 e. The van der Waals surface area contributed by atoms with Crippen LogP contribution in [0.1, 0.15) is 36.5 Å². The molecule has 1 amide bonds. The summed E-state index contributed by atoms with van der Waals surface area (Å²) in [4.78, 5) is 15.8. The first kappa shape index (κ1) is 14.6. The highest BCUT2D eigenvalue weighted by molar-refractivity contribution is 5.99. The van der Waals surface area contributed by atoms with E-state index in [1.54, 1.807) is 6.07 Å². The Morgan fingerprint density at radius 2 is 2.15 bits per heavy atom. The van der Waals surface area contributed by atoms with E-state index in [0.717, 1.165) is 6.42 Å². The number of halogens is 3. The van der Waals surface area contributed by atoms with Gasteiger partial charge < -0.3 is 10.6 Å². The molecule has 1 aliphatic rings. The first-order valence-electron chi connectivity index (χ1n) is 6.47. The zero-order chi connectivity index (χ0) is 14.8. The summed E-state index contributed by atoms with van der Waals surface area (Å²) in [6.45, 7) is 2.59. The fraction of sp³-hybridized carbons (Fsp3) is 0.538. The largest absolute Gasteiger partial charge is 0.411 e. The van der Waals surface area contributed by atoms with Gasteiger partial charge in [0.25, 0.3) is 5.91 Å². The highest BCUT2D eigenvalue weighted by Gasteiger charge is 2.64. The van der Waals surface area contributed by atoms with Crippen LogP contribution in [0.2, 0.25) is 0 Å². The van der Waals surface area contributed by atoms with Crippen molar-refractivity contribution in [2.45, 2.75) is 37.9 Å². The van der Waals surface area contributed by atoms with Gasteiger partial charge in [-0.3, -0.25) is 9.78 Å². The molecule has 2 N–H and O–H groups in total. The van der Waals surface area contributed by atoms with Crippen LogP contribution in [-0.4, -0.2) is 29.2 Å². The van der Waals surface area contributed by atoms with Crippen molar-refractivity contribution in [2.24, 2.45) is 0 Å². The van der Waals surface area contributed by atoms with E-state index < -0.39 is 17.6 Å². The lowest BCUT2D eigenvalue weighted by Crippen LogP contribution is -2.48. The van der Waals surface area contributed by atoms with E-state index >= 15 is 0 Å². The summed E-state index contributed by atoms with van der Waals surface area (Å²) < 4.78 is 38.5. The molecule has 0 unspecified atom stereocenters. The van der Waals surface area contributed by atoms with Crippen molar-refractivity contribution in [3.05, 3.63) is 24.0 Å². The number of pyridine rings is 1. The summed E-state index contributed by atoms with van der Waals surface area (Å²) in [6.07, 6.45) is -0.941. The predicted octanol–water partition coefficient (Wildman–Crippen LogP) is 2.73. The second kappa shape index (κ2) is 5.30. The minimum absolute atomic E-state index is 0.0692. The number of hydrogen-bond donors (Lipinski definition) is 2. The third-order valence-electron chi connectivity index (χ3n) is 3.28. The van der Waals surface area contributed by atoms with Crippen molar-refractivity contribution < 1.29 is 18.0 Å². The number of nitrogens with zero attached hydrogens (tertiary/aromatic N) is 1. The number of amides is 1. The lowest BCUT2D eigenvalue weighted by molar-refractivity contribution is -0.163. The van der Waals surface area contributed by atoms with Crippen molar-refractivity contribution in [1.82, 2.24) is 10.3 Å². The molecule has 1 aliphatic carbocycles. The fourth-order valence-corrected chi connectivity index (χ4v) is 1.88. The lowest BCUT2D eigenvalue weighted by atomic mass is 10.2. The topological polar surface area (TPSA) is 54.0 Å². The van der Waals surface area contributed by atoms with Crippen molar-refractivity contribution in [3.63, 3.8) is 0 Å². The minimum atomic E-state index is -4.41. The van der Waals surface area contributed by atoms with Gasteiger partial charge in [-0.05, 0) is 25.3 Å². The van der Waals surface area contributed by atoms with E-state index in [0.29, 0.717) is 12.2 Å². The molecule has 110 valence electrons. The summed E-state index contributed by atoms with van der Waals surface area (Å²) in [7, 11) is 0. The van der Waals surface area contributed by atoms with E-state index in [-0.39, 0.29) is 18.4 Å². The van der Waals surface area contributed by atoms with Crippen LogP contribution in [0.25, 0.3) is 0 Å². The van der Waals surface area contributed by atoms with E-state index in [2.05, 4.69) is 15.6 Å². The Balaban J connectivity index is 2.14. The molecular weight excluding hydrogens is 271 g/mol. The Bertz CT molecular complexity index is 498. The average Bonchev–Trinajstić information content (AvgIpc) is 3.17. The van der Waals surface area contributed by atoms with E-state index in [1.807, 2.05) is 6.92 Å². The predicted molar refractivity (Wildman–Crippen MR) is 68.5 cm³/mol. The molecule has 0 spiro atoms. The third-order valence-corrected chi connectivity index (χ3v) is 3.28. The van der Waals surface area contributed by atoms with Crippen LogP contribution < -0.4 is 10.6 Å². The number of aromatic nitrogens is 1. The van der Waals surface area contributed by atoms with Crippen molar-refractivity contribution >= 4 is 11.6 Å². The third kappa shape index (κ3) is 2.86. The number of hydrogen-bond acceptors (Lipinski definition) is 3. The van der Waals surface area contributed by atoms with Gasteiger partial charge in [0.1, 0.15) is 5.54 Å². The second-order valence-corrected chi connectivity index (χ2v) is 4.88. The number of carbonyl (C=O) groups excluding carboxylic acids is 1. The van der Waals surface area contributed by atoms with Crippen LogP contribution >= 0.6 is 0 Å². The molecule has 0 radical (unpaired) electrons. The first-order chi connectivity index (χ1) is 9.39. The Morgan fingerprint density at radius 3 is 2.70 bits per heavy atom. The van der Waals surface area contributed by atoms with Crippen LogP contribution in [0, 0.1) is 0 Å². The molecule has 0 saturated heterocycles. The van der Waals surface area contributed by atoms with E-state index in [1.165, 1.54) is 12.4 Å². The van der Waals surface area contributed by atoms with Gasteiger partial charge in [0.15, 0.2) is 0 Å². The van der Waals surface area contributed by atoms with Gasteiger partial charge in [-0.25, -0.2) is 0 Å². The number of carbonyl (C=O) groups is 1. The standard InChI is InChI=1S/C13H16F3N3O/c1-2-6-18-10-3-7-17-8-9(10)11(20)19-12(4-5-12)13(14,15)16/h3,7-8H,2,4-6H2,1H3,(H,17,18)(H,19,20).